The number of benzene rings is 2. The maximum Gasteiger partial charge on any atom is 0.169 e. The van der Waals surface area contributed by atoms with E-state index in [1.54, 1.807) is 48.5 Å². The molecule has 2 aromatic carbocycles. The number of hydrogen-bond donors (Lipinski definition) is 0. The lowest BCUT2D eigenvalue weighted by Gasteiger charge is -2.22. The van der Waals surface area contributed by atoms with Gasteiger partial charge in [0.15, 0.2) is 11.9 Å². The van der Waals surface area contributed by atoms with Crippen molar-refractivity contribution in [3.8, 4) is 17.6 Å². The van der Waals surface area contributed by atoms with Crippen molar-refractivity contribution in [3.05, 3.63) is 89.0 Å². The molecule has 4 rings (SSSR count). The minimum Gasteiger partial charge on any atom is -0.492 e. The van der Waals surface area contributed by atoms with Crippen LogP contribution in [0.1, 0.15) is 39.6 Å². The quantitative estimate of drug-likeness (QED) is 0.683. The number of halogens is 1. The molecule has 0 saturated carbocycles. The number of nitriles is 1. The summed E-state index contributed by atoms with van der Waals surface area (Å²) in [5, 5.41) is 9.01. The predicted molar refractivity (Wildman–Crippen MR) is 98.7 cm³/mol. The zero-order chi connectivity index (χ0) is 19.5. The summed E-state index contributed by atoms with van der Waals surface area (Å²) < 4.78 is 26.1. The minimum atomic E-state index is -0.756. The molecule has 0 saturated heterocycles. The highest BCUT2D eigenvalue weighted by atomic mass is 19.1. The van der Waals surface area contributed by atoms with Gasteiger partial charge >= 0.3 is 0 Å². The Kier molecular flexibility index (Phi) is 4.73. The number of hydrogen-bond acceptors (Lipinski definition) is 5. The average Bonchev–Trinajstić information content (AvgIpc) is 2.73. The molecule has 0 unspecified atom stereocenters. The van der Waals surface area contributed by atoms with Gasteiger partial charge in [0, 0.05) is 24.2 Å². The highest BCUT2D eigenvalue weighted by Gasteiger charge is 2.23. The molecule has 0 N–H and O–H groups in total. The lowest BCUT2D eigenvalue weighted by Crippen LogP contribution is -2.16. The number of carbonyl (C=O) groups is 1. The van der Waals surface area contributed by atoms with E-state index in [2.05, 4.69) is 11.1 Å². The highest BCUT2D eigenvalue weighted by Crippen LogP contribution is 2.34. The Balaban J connectivity index is 1.73. The molecular weight excluding hydrogens is 359 g/mol. The van der Waals surface area contributed by atoms with Crippen molar-refractivity contribution in [1.82, 2.24) is 4.98 Å². The van der Waals surface area contributed by atoms with E-state index < -0.39 is 11.9 Å². The fourth-order valence-corrected chi connectivity index (χ4v) is 3.09. The van der Waals surface area contributed by atoms with Crippen molar-refractivity contribution in [2.75, 3.05) is 6.61 Å². The standard InChI is InChI=1S/C22H15FN2O3/c23-19-13-25-9-7-17(19)22(15-3-1-14(12-24)2-4-15)28-16-5-6-18-20(26)8-10-27-21(18)11-16/h1-7,9,11,13,22H,8,10H2/t22-/m1/s1. The average molecular weight is 374 g/mol. The molecule has 0 amide bonds. The van der Waals surface area contributed by atoms with Crippen molar-refractivity contribution in [1.29, 1.82) is 5.26 Å². The topological polar surface area (TPSA) is 72.2 Å². The van der Waals surface area contributed by atoms with Crippen LogP contribution >= 0.6 is 0 Å². The molecule has 0 spiro atoms. The lowest BCUT2D eigenvalue weighted by atomic mass is 10.0. The molecule has 0 bridgehead atoms. The second kappa shape index (κ2) is 7.49. The SMILES string of the molecule is N#Cc1ccc([C@@H](Oc2ccc3c(c2)OCCC3=O)c2ccncc2F)cc1. The van der Waals surface area contributed by atoms with Crippen LogP contribution in [0.2, 0.25) is 0 Å². The number of carbonyl (C=O) groups excluding carboxylic acids is 1. The lowest BCUT2D eigenvalue weighted by molar-refractivity contribution is 0.0933. The van der Waals surface area contributed by atoms with E-state index in [1.165, 1.54) is 6.20 Å². The fourth-order valence-electron chi connectivity index (χ4n) is 3.09. The molecule has 0 fully saturated rings. The molecule has 1 aliphatic heterocycles. The molecule has 3 aromatic rings. The van der Waals surface area contributed by atoms with E-state index in [9.17, 15) is 9.18 Å². The number of rotatable bonds is 4. The molecule has 6 heteroatoms. The van der Waals surface area contributed by atoms with Gasteiger partial charge < -0.3 is 9.47 Å². The molecule has 28 heavy (non-hydrogen) atoms. The van der Waals surface area contributed by atoms with Crippen molar-refractivity contribution < 1.29 is 18.7 Å². The van der Waals surface area contributed by atoms with E-state index in [1.807, 2.05) is 0 Å². The summed E-state index contributed by atoms with van der Waals surface area (Å²) in [7, 11) is 0. The number of nitrogens with zero attached hydrogens (tertiary/aromatic N) is 2. The first-order chi connectivity index (χ1) is 13.7. The van der Waals surface area contributed by atoms with E-state index in [4.69, 9.17) is 14.7 Å². The summed E-state index contributed by atoms with van der Waals surface area (Å²) >= 11 is 0. The van der Waals surface area contributed by atoms with Gasteiger partial charge in [-0.1, -0.05) is 12.1 Å². The molecule has 5 nitrogen and oxygen atoms in total. The second-order valence-corrected chi connectivity index (χ2v) is 6.31. The van der Waals surface area contributed by atoms with Gasteiger partial charge in [-0.25, -0.2) is 4.39 Å². The Labute approximate surface area is 161 Å². The van der Waals surface area contributed by atoms with E-state index in [0.717, 1.165) is 6.20 Å². The first-order valence-corrected chi connectivity index (χ1v) is 8.72. The number of pyridine rings is 1. The minimum absolute atomic E-state index is 0.0246. The molecule has 138 valence electrons. The van der Waals surface area contributed by atoms with Crippen LogP contribution in [0.25, 0.3) is 0 Å². The number of ketones is 1. The van der Waals surface area contributed by atoms with Crippen molar-refractivity contribution >= 4 is 5.78 Å². The molecule has 1 aromatic heterocycles. The Morgan fingerprint density at radius 1 is 1.18 bits per heavy atom. The smallest absolute Gasteiger partial charge is 0.169 e. The van der Waals surface area contributed by atoms with E-state index in [-0.39, 0.29) is 5.78 Å². The van der Waals surface area contributed by atoms with Crippen molar-refractivity contribution in [2.45, 2.75) is 12.5 Å². The van der Waals surface area contributed by atoms with E-state index in [0.29, 0.717) is 46.8 Å². The van der Waals surface area contributed by atoms with Gasteiger partial charge in [0.25, 0.3) is 0 Å². The summed E-state index contributed by atoms with van der Waals surface area (Å²) in [4.78, 5) is 15.8. The summed E-state index contributed by atoms with van der Waals surface area (Å²) in [5.41, 5.74) is 2.01. The van der Waals surface area contributed by atoms with Crippen LogP contribution < -0.4 is 9.47 Å². The van der Waals surface area contributed by atoms with Crippen LogP contribution in [-0.4, -0.2) is 17.4 Å². The normalized spacial score (nSPS) is 13.8. The van der Waals surface area contributed by atoms with Gasteiger partial charge in [-0.3, -0.25) is 9.78 Å². The monoisotopic (exact) mass is 374 g/mol. The second-order valence-electron chi connectivity index (χ2n) is 6.31. The number of ether oxygens (including phenoxy) is 2. The van der Waals surface area contributed by atoms with Crippen LogP contribution in [0.3, 0.4) is 0 Å². The number of Topliss-reactive ketones (excluding diaryl/α,β-unsaturated/α-hetero) is 1. The summed E-state index contributed by atoms with van der Waals surface area (Å²) in [6.45, 7) is 0.327. The van der Waals surface area contributed by atoms with Gasteiger partial charge in [0.05, 0.1) is 30.0 Å². The van der Waals surface area contributed by atoms with Gasteiger partial charge in [-0.2, -0.15) is 5.26 Å². The van der Waals surface area contributed by atoms with Gasteiger partial charge in [-0.15, -0.1) is 0 Å². The van der Waals surface area contributed by atoms with Crippen molar-refractivity contribution in [3.63, 3.8) is 0 Å². The maximum absolute atomic E-state index is 14.4. The van der Waals surface area contributed by atoms with Crippen LogP contribution in [0.15, 0.2) is 60.9 Å². The summed E-state index contributed by atoms with van der Waals surface area (Å²) in [5.74, 6) is 0.430. The number of fused-ring (bicyclic) bond motifs is 1. The van der Waals surface area contributed by atoms with Gasteiger partial charge in [0.2, 0.25) is 0 Å². The van der Waals surface area contributed by atoms with Crippen molar-refractivity contribution in [2.24, 2.45) is 0 Å². The Bertz CT molecular complexity index is 1070. The largest absolute Gasteiger partial charge is 0.492 e. The Morgan fingerprint density at radius 2 is 2.00 bits per heavy atom. The molecule has 1 aliphatic rings. The highest BCUT2D eigenvalue weighted by molar-refractivity contribution is 5.99. The van der Waals surface area contributed by atoms with Crippen LogP contribution in [0.5, 0.6) is 11.5 Å². The molecule has 2 heterocycles. The number of aromatic nitrogens is 1. The van der Waals surface area contributed by atoms with Crippen LogP contribution in [0, 0.1) is 17.1 Å². The molecular formula is C22H15FN2O3. The molecule has 1 atom stereocenters. The van der Waals surface area contributed by atoms with Crippen LogP contribution in [-0.2, 0) is 0 Å². The van der Waals surface area contributed by atoms with Crippen LogP contribution in [0.4, 0.5) is 4.39 Å². The van der Waals surface area contributed by atoms with E-state index >= 15 is 0 Å². The Morgan fingerprint density at radius 3 is 2.75 bits per heavy atom. The first kappa shape index (κ1) is 17.7. The molecule has 0 aliphatic carbocycles. The zero-order valence-electron chi connectivity index (χ0n) is 14.8. The fraction of sp³-hybridized carbons (Fsp3) is 0.136. The van der Waals surface area contributed by atoms with Gasteiger partial charge in [0.1, 0.15) is 17.3 Å². The summed E-state index contributed by atoms with van der Waals surface area (Å²) in [6, 6.07) is 15.3. The first-order valence-electron chi connectivity index (χ1n) is 8.72. The third-order valence-electron chi connectivity index (χ3n) is 4.52. The third kappa shape index (κ3) is 3.42. The zero-order valence-corrected chi connectivity index (χ0v) is 14.8. The maximum atomic E-state index is 14.4. The van der Waals surface area contributed by atoms with Gasteiger partial charge in [-0.05, 0) is 35.9 Å². The Hall–Kier alpha value is -3.72. The summed E-state index contributed by atoms with van der Waals surface area (Å²) in [6.07, 6.45) is 2.22. The third-order valence-corrected chi connectivity index (χ3v) is 4.52. The predicted octanol–water partition coefficient (Wildman–Crippen LogP) is 4.23. The molecule has 0 radical (unpaired) electrons.